The smallest absolute Gasteiger partial charge is 0.328 e. The second-order valence-electron chi connectivity index (χ2n) is 24.5. The first-order valence-corrected chi connectivity index (χ1v) is 35.0. The number of aromatic hydroxyl groups is 1. The van der Waals surface area contributed by atoms with Gasteiger partial charge in [-0.1, -0.05) is 82.3 Å². The number of phenolic OH excluding ortho intramolecular Hbond substituents is 1. The number of nitrogens with one attached hydrogen (secondary N) is 9. The third kappa shape index (κ3) is 26.6. The Balaban J connectivity index is 1.41. The molecule has 8 amide bonds. The van der Waals surface area contributed by atoms with Crippen molar-refractivity contribution in [1.29, 1.82) is 0 Å². The Morgan fingerprint density at radius 3 is 1.65 bits per heavy atom. The number of carboxylic acids is 4. The highest BCUT2D eigenvalue weighted by Crippen LogP contribution is 2.25. The molecule has 100 heavy (non-hydrogen) atoms. The van der Waals surface area contributed by atoms with E-state index in [0.717, 1.165) is 35.4 Å². The molecule has 3 heterocycles. The molecule has 3 aromatic carbocycles. The molecule has 0 aliphatic carbocycles. The van der Waals surface area contributed by atoms with E-state index in [-0.39, 0.29) is 103 Å². The number of nitrogens with zero attached hydrogens (tertiary/aromatic N) is 4. The third-order valence-corrected chi connectivity index (χ3v) is 19.0. The van der Waals surface area contributed by atoms with Gasteiger partial charge in [-0.15, -0.1) is 0 Å². The monoisotopic (exact) mass is 1430 g/mol. The van der Waals surface area contributed by atoms with E-state index in [2.05, 4.69) is 47.5 Å². The number of H-pyrrole nitrogens is 1. The first-order chi connectivity index (χ1) is 47.7. The maximum Gasteiger partial charge on any atom is 0.328 e. The normalized spacial score (nSPS) is 21.9. The van der Waals surface area contributed by atoms with Gasteiger partial charge in [0.15, 0.2) is 6.04 Å². The number of aromatic nitrogens is 1. The van der Waals surface area contributed by atoms with Crippen LogP contribution in [0.4, 0.5) is 0 Å². The number of para-hydroxylation sites is 1. The van der Waals surface area contributed by atoms with E-state index in [1.807, 2.05) is 0 Å². The number of fused-ring (bicyclic) bond motifs is 1. The number of aliphatic hydroxyl groups excluding tert-OH is 2. The van der Waals surface area contributed by atoms with Crippen LogP contribution in [0.2, 0.25) is 0 Å². The second kappa shape index (κ2) is 40.3. The van der Waals surface area contributed by atoms with Crippen LogP contribution in [0.1, 0.15) is 49.8 Å². The van der Waals surface area contributed by atoms with Gasteiger partial charge in [0.25, 0.3) is 0 Å². The summed E-state index contributed by atoms with van der Waals surface area (Å²) in [5, 5.41) is 92.4. The van der Waals surface area contributed by atoms with Crippen LogP contribution in [-0.2, 0) is 76.8 Å². The standard InChI is InChI=1S/C65H90N14O19S2/c1-38(80)56-64(96)73-51(63(95)75-57(39(2)81)65(97)98)37-100-99-36-50(72-59(91)47(28-40-10-4-3-5-11-40)68-52(83)32-76-20-22-77(33-53(84)85)24-26-79(35-55(88)89)27-25-78(23-21-76)34-54(86)87)62(94)70-48(29-41-15-17-43(82)18-16-41)60(92)71-49(30-42-31-67-45-13-7-6-12-44(42)45)61(93)69-46(58(90)74-56)14-8-9-19-66/h3-7,10-13,15-18,31,38-39,46-51,56-57,67,80-82H,8-9,14,19-30,32-37,66H2,1-2H3,(H,68,83)(H,69,93)(H,70,94)(H,71,92)(H,72,91)(H,73,96)(H,74,90)(H,75,95)(H,84,85)(H,86,87)(H,88,89)(H,97,98)/t38-,39-,46+,47-,48?,49-,50+,51+,56+,57+/m1/s1. The fourth-order valence-corrected chi connectivity index (χ4v) is 13.4. The maximum atomic E-state index is 15.3. The van der Waals surface area contributed by atoms with Gasteiger partial charge in [-0.2, -0.15) is 0 Å². The van der Waals surface area contributed by atoms with E-state index >= 15 is 14.4 Å². The molecule has 2 aliphatic rings. The topological polar surface area (TPSA) is 497 Å². The molecular formula is C65H90N14O19S2. The van der Waals surface area contributed by atoms with E-state index in [9.17, 15) is 78.9 Å². The predicted molar refractivity (Wildman–Crippen MR) is 367 cm³/mol. The predicted octanol–water partition coefficient (Wildman–Crippen LogP) is -3.37. The summed E-state index contributed by atoms with van der Waals surface area (Å²) in [6.07, 6.45) is -1.92. The van der Waals surface area contributed by atoms with Gasteiger partial charge >= 0.3 is 23.9 Å². The molecule has 1 unspecified atom stereocenters. The molecule has 4 aromatic rings. The highest BCUT2D eigenvalue weighted by molar-refractivity contribution is 8.76. The van der Waals surface area contributed by atoms with E-state index < -0.39 is 163 Å². The van der Waals surface area contributed by atoms with Crippen molar-refractivity contribution in [1.82, 2.24) is 67.1 Å². The fourth-order valence-electron chi connectivity index (χ4n) is 11.1. The number of carboxylic acid groups (broad SMARTS) is 4. The van der Waals surface area contributed by atoms with Crippen LogP contribution in [0.5, 0.6) is 5.75 Å². The minimum Gasteiger partial charge on any atom is -0.508 e. The highest BCUT2D eigenvalue weighted by atomic mass is 33.1. The molecular weight excluding hydrogens is 1340 g/mol. The number of phenols is 1. The molecule has 546 valence electrons. The molecule has 18 N–H and O–H groups in total. The number of carbonyl (C=O) groups excluding carboxylic acids is 8. The van der Waals surface area contributed by atoms with Gasteiger partial charge in [-0.3, -0.25) is 72.3 Å². The van der Waals surface area contributed by atoms with Crippen LogP contribution < -0.4 is 48.3 Å². The van der Waals surface area contributed by atoms with Crippen LogP contribution in [-0.4, -0.2) is 289 Å². The number of unbranched alkanes of at least 4 members (excludes halogenated alkanes) is 1. The largest absolute Gasteiger partial charge is 0.508 e. The number of nitrogens with two attached hydrogens (primary N) is 1. The first-order valence-electron chi connectivity index (χ1n) is 32.5. The van der Waals surface area contributed by atoms with Gasteiger partial charge in [0.1, 0.15) is 48.0 Å². The summed E-state index contributed by atoms with van der Waals surface area (Å²) in [7, 11) is 1.66. The molecule has 2 saturated heterocycles. The SMILES string of the molecule is C[C@@H](O)[C@H](NC(=O)[C@@H]1CSSC[C@H](NC(=O)[C@@H](Cc2ccccc2)NC(=O)CN2CCN(CC(=O)O)CCN(CC(=O)O)CCN(CC(=O)O)CC2)C(=O)NC(Cc2ccc(O)cc2)C(=O)N[C@H](Cc2c[nH]c3ccccc23)C(=O)N[C@@H](CCCCN)C(=O)N[C@@H]([C@@H](C)O)C(=O)N1)C(=O)O. The van der Waals surface area contributed by atoms with Gasteiger partial charge in [0.05, 0.1) is 38.4 Å². The molecule has 10 atom stereocenters. The van der Waals surface area contributed by atoms with Crippen LogP contribution in [0.15, 0.2) is 85.1 Å². The molecule has 35 heteroatoms. The Morgan fingerprint density at radius 1 is 0.580 bits per heavy atom. The van der Waals surface area contributed by atoms with E-state index in [1.54, 1.807) is 80.4 Å². The molecule has 2 fully saturated rings. The summed E-state index contributed by atoms with van der Waals surface area (Å²) in [6, 6.07) is 7.92. The molecule has 0 saturated carbocycles. The summed E-state index contributed by atoms with van der Waals surface area (Å²) in [5.74, 6) is -14.0. The number of benzene rings is 3. The Hall–Kier alpha value is -8.94. The fraction of sp³-hybridized carbons (Fsp3) is 0.508. The van der Waals surface area contributed by atoms with Crippen molar-refractivity contribution in [2.45, 2.75) is 113 Å². The average Bonchev–Trinajstić information content (AvgIpc) is 1.59. The van der Waals surface area contributed by atoms with Crippen molar-refractivity contribution < 1.29 is 93.3 Å². The van der Waals surface area contributed by atoms with E-state index in [4.69, 9.17) is 5.73 Å². The molecule has 6 rings (SSSR count). The maximum absolute atomic E-state index is 15.3. The Labute approximate surface area is 584 Å². The lowest BCUT2D eigenvalue weighted by molar-refractivity contribution is -0.145. The van der Waals surface area contributed by atoms with Crippen molar-refractivity contribution in [2.75, 3.05) is 96.6 Å². The molecule has 1 aromatic heterocycles. The summed E-state index contributed by atoms with van der Waals surface area (Å²) >= 11 is 0. The number of rotatable bonds is 26. The van der Waals surface area contributed by atoms with Gasteiger partial charge < -0.3 is 89.0 Å². The number of amides is 8. The van der Waals surface area contributed by atoms with E-state index in [1.165, 1.54) is 24.3 Å². The van der Waals surface area contributed by atoms with Crippen molar-refractivity contribution in [3.05, 3.63) is 102 Å². The molecule has 33 nitrogen and oxygen atoms in total. The lowest BCUT2D eigenvalue weighted by Crippen LogP contribution is -2.62. The second-order valence-corrected chi connectivity index (χ2v) is 27.0. The van der Waals surface area contributed by atoms with Crippen molar-refractivity contribution >= 4 is 104 Å². The van der Waals surface area contributed by atoms with Crippen molar-refractivity contribution in [2.24, 2.45) is 5.73 Å². The zero-order valence-electron chi connectivity index (χ0n) is 55.4. The molecule has 0 radical (unpaired) electrons. The summed E-state index contributed by atoms with van der Waals surface area (Å²) < 4.78 is 0. The van der Waals surface area contributed by atoms with E-state index in [0.29, 0.717) is 34.0 Å². The Bertz CT molecular complexity index is 3410. The molecule has 2 aliphatic heterocycles. The Kier molecular flexibility index (Phi) is 32.3. The van der Waals surface area contributed by atoms with Crippen LogP contribution in [0.3, 0.4) is 0 Å². The number of hydrogen-bond donors (Lipinski definition) is 17. The van der Waals surface area contributed by atoms with Gasteiger partial charge in [-0.05, 0) is 74.5 Å². The third-order valence-electron chi connectivity index (χ3n) is 16.6. The number of hydrogen-bond acceptors (Lipinski definition) is 22. The lowest BCUT2D eigenvalue weighted by atomic mass is 10.0. The van der Waals surface area contributed by atoms with Gasteiger partial charge in [0, 0.05) is 100 Å². The van der Waals surface area contributed by atoms with Crippen LogP contribution in [0, 0.1) is 0 Å². The number of carbonyl (C=O) groups is 12. The minimum atomic E-state index is -1.91. The Morgan fingerprint density at radius 2 is 1.10 bits per heavy atom. The molecule has 0 spiro atoms. The zero-order chi connectivity index (χ0) is 73.0. The van der Waals surface area contributed by atoms with Gasteiger partial charge in [0.2, 0.25) is 47.3 Å². The summed E-state index contributed by atoms with van der Waals surface area (Å²) in [5.41, 5.74) is 7.96. The number of aliphatic hydroxyl groups is 2. The number of aromatic amines is 1. The number of aliphatic carboxylic acids is 4. The summed E-state index contributed by atoms with van der Waals surface area (Å²) in [4.78, 5) is 176. The zero-order valence-corrected chi connectivity index (χ0v) is 57.1. The first kappa shape index (κ1) is 80.0. The van der Waals surface area contributed by atoms with Gasteiger partial charge in [-0.25, -0.2) is 4.79 Å². The molecule has 0 bridgehead atoms. The highest BCUT2D eigenvalue weighted by Gasteiger charge is 2.38. The minimum absolute atomic E-state index is 0.0426. The summed E-state index contributed by atoms with van der Waals surface area (Å²) in [6.45, 7) is 1.38. The average molecular weight is 1440 g/mol. The van der Waals surface area contributed by atoms with Crippen molar-refractivity contribution in [3.8, 4) is 5.75 Å². The van der Waals surface area contributed by atoms with Crippen LogP contribution in [0.25, 0.3) is 10.9 Å². The van der Waals surface area contributed by atoms with Crippen molar-refractivity contribution in [3.63, 3.8) is 0 Å². The quantitative estimate of drug-likeness (QED) is 0.0215. The van der Waals surface area contributed by atoms with Crippen LogP contribution >= 0.6 is 21.6 Å². The lowest BCUT2D eigenvalue weighted by Gasteiger charge is -2.33.